The zero-order chi connectivity index (χ0) is 12.4. The predicted molar refractivity (Wildman–Crippen MR) is 69.7 cm³/mol. The number of carbonyl (C=O) groups excluding carboxylic acids is 1. The Hall–Kier alpha value is -1.25. The molecule has 0 bridgehead atoms. The standard InChI is InChI=1S/C15H21NO2/c17-15(18-13-6-2-3-7-13)12-9-11-5-1-4-8-14(11)16-10-12/h10,13,16H,1-9H2. The molecule has 0 unspecified atom stereocenters. The van der Waals surface area contributed by atoms with E-state index in [0.717, 1.165) is 37.7 Å². The van der Waals surface area contributed by atoms with Crippen LogP contribution >= 0.6 is 0 Å². The number of dihydropyridines is 1. The van der Waals surface area contributed by atoms with Gasteiger partial charge in [-0.3, -0.25) is 0 Å². The molecule has 98 valence electrons. The van der Waals surface area contributed by atoms with Crippen LogP contribution in [-0.4, -0.2) is 12.1 Å². The number of esters is 1. The molecule has 1 N–H and O–H groups in total. The van der Waals surface area contributed by atoms with Crippen LogP contribution in [0.15, 0.2) is 23.0 Å². The summed E-state index contributed by atoms with van der Waals surface area (Å²) < 4.78 is 5.56. The van der Waals surface area contributed by atoms with Crippen molar-refractivity contribution in [1.29, 1.82) is 0 Å². The molecule has 1 aliphatic heterocycles. The number of carbonyl (C=O) groups is 1. The molecule has 0 spiro atoms. The summed E-state index contributed by atoms with van der Waals surface area (Å²) in [6.45, 7) is 0. The lowest BCUT2D eigenvalue weighted by Gasteiger charge is -2.25. The van der Waals surface area contributed by atoms with E-state index >= 15 is 0 Å². The largest absolute Gasteiger partial charge is 0.459 e. The van der Waals surface area contributed by atoms with E-state index < -0.39 is 0 Å². The van der Waals surface area contributed by atoms with Crippen molar-refractivity contribution in [2.75, 3.05) is 0 Å². The normalized spacial score (nSPS) is 24.3. The van der Waals surface area contributed by atoms with Crippen molar-refractivity contribution in [3.63, 3.8) is 0 Å². The van der Waals surface area contributed by atoms with E-state index in [1.807, 2.05) is 6.20 Å². The fourth-order valence-electron chi connectivity index (χ4n) is 3.16. The van der Waals surface area contributed by atoms with Gasteiger partial charge < -0.3 is 10.1 Å². The maximum absolute atomic E-state index is 12.1. The van der Waals surface area contributed by atoms with Crippen LogP contribution in [0.1, 0.15) is 57.8 Å². The number of ether oxygens (including phenoxy) is 1. The SMILES string of the molecule is O=C(OC1CCCC1)C1=CNC2=C(CCCC2)C1. The quantitative estimate of drug-likeness (QED) is 0.762. The van der Waals surface area contributed by atoms with Crippen LogP contribution in [0, 0.1) is 0 Å². The van der Waals surface area contributed by atoms with Crippen LogP contribution < -0.4 is 5.32 Å². The van der Waals surface area contributed by atoms with E-state index in [9.17, 15) is 4.79 Å². The Labute approximate surface area is 108 Å². The van der Waals surface area contributed by atoms with Crippen LogP contribution in [0.4, 0.5) is 0 Å². The molecule has 0 aromatic heterocycles. The van der Waals surface area contributed by atoms with E-state index in [0.29, 0.717) is 0 Å². The Balaban J connectivity index is 1.60. The van der Waals surface area contributed by atoms with Crippen molar-refractivity contribution in [3.05, 3.63) is 23.0 Å². The van der Waals surface area contributed by atoms with Gasteiger partial charge in [-0.1, -0.05) is 0 Å². The molecule has 0 saturated heterocycles. The summed E-state index contributed by atoms with van der Waals surface area (Å²) in [5, 5.41) is 3.29. The fourth-order valence-corrected chi connectivity index (χ4v) is 3.16. The Morgan fingerprint density at radius 1 is 1.17 bits per heavy atom. The molecule has 3 aliphatic rings. The Bertz CT molecular complexity index is 403. The monoisotopic (exact) mass is 247 g/mol. The smallest absolute Gasteiger partial charge is 0.336 e. The highest BCUT2D eigenvalue weighted by molar-refractivity contribution is 5.89. The third-order valence-corrected chi connectivity index (χ3v) is 4.24. The summed E-state index contributed by atoms with van der Waals surface area (Å²) in [6.07, 6.45) is 12.1. The van der Waals surface area contributed by atoms with E-state index in [2.05, 4.69) is 5.32 Å². The van der Waals surface area contributed by atoms with Crippen LogP contribution in [0.25, 0.3) is 0 Å². The summed E-state index contributed by atoms with van der Waals surface area (Å²) in [4.78, 5) is 12.1. The van der Waals surface area contributed by atoms with Crippen molar-refractivity contribution < 1.29 is 9.53 Å². The zero-order valence-electron chi connectivity index (χ0n) is 10.8. The molecule has 2 aliphatic carbocycles. The number of rotatable bonds is 2. The van der Waals surface area contributed by atoms with Gasteiger partial charge in [-0.2, -0.15) is 0 Å². The van der Waals surface area contributed by atoms with Crippen LogP contribution in [0.5, 0.6) is 0 Å². The summed E-state index contributed by atoms with van der Waals surface area (Å²) >= 11 is 0. The van der Waals surface area contributed by atoms with Crippen LogP contribution in [0.2, 0.25) is 0 Å². The number of hydrogen-bond donors (Lipinski definition) is 1. The minimum absolute atomic E-state index is 0.105. The van der Waals surface area contributed by atoms with Gasteiger partial charge in [0.25, 0.3) is 0 Å². The molecule has 0 aromatic rings. The topological polar surface area (TPSA) is 38.3 Å². The predicted octanol–water partition coefficient (Wildman–Crippen LogP) is 3.18. The second-order valence-corrected chi connectivity index (χ2v) is 5.59. The first kappa shape index (κ1) is 11.8. The van der Waals surface area contributed by atoms with Crippen LogP contribution in [0.3, 0.4) is 0 Å². The molecule has 0 radical (unpaired) electrons. The van der Waals surface area contributed by atoms with Gasteiger partial charge in [-0.05, 0) is 56.9 Å². The maximum atomic E-state index is 12.1. The molecule has 1 heterocycles. The Morgan fingerprint density at radius 3 is 2.78 bits per heavy atom. The van der Waals surface area contributed by atoms with Crippen molar-refractivity contribution >= 4 is 5.97 Å². The molecular weight excluding hydrogens is 226 g/mol. The minimum Gasteiger partial charge on any atom is -0.459 e. The summed E-state index contributed by atoms with van der Waals surface area (Å²) in [7, 11) is 0. The van der Waals surface area contributed by atoms with E-state index in [-0.39, 0.29) is 12.1 Å². The second kappa shape index (κ2) is 5.17. The van der Waals surface area contributed by atoms with Crippen molar-refractivity contribution in [3.8, 4) is 0 Å². The van der Waals surface area contributed by atoms with E-state index in [1.54, 1.807) is 0 Å². The lowest BCUT2D eigenvalue weighted by atomic mass is 9.89. The molecule has 18 heavy (non-hydrogen) atoms. The molecule has 3 nitrogen and oxygen atoms in total. The molecule has 3 heteroatoms. The van der Waals surface area contributed by atoms with Crippen molar-refractivity contribution in [2.45, 2.75) is 63.9 Å². The summed E-state index contributed by atoms with van der Waals surface area (Å²) in [5.74, 6) is -0.105. The van der Waals surface area contributed by atoms with Gasteiger partial charge >= 0.3 is 5.97 Å². The molecule has 0 atom stereocenters. The van der Waals surface area contributed by atoms with Gasteiger partial charge in [0.1, 0.15) is 6.10 Å². The summed E-state index contributed by atoms with van der Waals surface area (Å²) in [5.41, 5.74) is 3.57. The van der Waals surface area contributed by atoms with Gasteiger partial charge in [0.05, 0.1) is 5.57 Å². The van der Waals surface area contributed by atoms with Gasteiger partial charge in [0.2, 0.25) is 0 Å². The first-order valence-corrected chi connectivity index (χ1v) is 7.20. The third-order valence-electron chi connectivity index (χ3n) is 4.24. The van der Waals surface area contributed by atoms with Gasteiger partial charge in [0, 0.05) is 18.3 Å². The highest BCUT2D eigenvalue weighted by Gasteiger charge is 2.25. The lowest BCUT2D eigenvalue weighted by Crippen LogP contribution is -2.23. The first-order valence-electron chi connectivity index (χ1n) is 7.20. The van der Waals surface area contributed by atoms with Gasteiger partial charge in [-0.25, -0.2) is 4.79 Å². The fraction of sp³-hybridized carbons (Fsp3) is 0.667. The zero-order valence-corrected chi connectivity index (χ0v) is 10.8. The Morgan fingerprint density at radius 2 is 1.94 bits per heavy atom. The second-order valence-electron chi connectivity index (χ2n) is 5.59. The molecule has 1 fully saturated rings. The molecule has 0 amide bonds. The van der Waals surface area contributed by atoms with Crippen LogP contribution in [-0.2, 0) is 9.53 Å². The van der Waals surface area contributed by atoms with Gasteiger partial charge in [-0.15, -0.1) is 0 Å². The first-order chi connectivity index (χ1) is 8.83. The number of nitrogens with one attached hydrogen (secondary N) is 1. The van der Waals surface area contributed by atoms with Crippen molar-refractivity contribution in [2.24, 2.45) is 0 Å². The van der Waals surface area contributed by atoms with Gasteiger partial charge in [0.15, 0.2) is 0 Å². The maximum Gasteiger partial charge on any atom is 0.336 e. The average molecular weight is 247 g/mol. The highest BCUT2D eigenvalue weighted by Crippen LogP contribution is 2.31. The average Bonchev–Trinajstić information content (AvgIpc) is 2.91. The summed E-state index contributed by atoms with van der Waals surface area (Å²) in [6, 6.07) is 0. The third kappa shape index (κ3) is 2.45. The van der Waals surface area contributed by atoms with Crippen molar-refractivity contribution in [1.82, 2.24) is 5.32 Å². The number of hydrogen-bond acceptors (Lipinski definition) is 3. The lowest BCUT2D eigenvalue weighted by molar-refractivity contribution is -0.144. The minimum atomic E-state index is -0.105. The molecule has 0 aromatic carbocycles. The molecule has 1 saturated carbocycles. The van der Waals surface area contributed by atoms with E-state index in [1.165, 1.54) is 37.0 Å². The Kier molecular flexibility index (Phi) is 3.39. The molecule has 3 rings (SSSR count). The molecular formula is C15H21NO2. The highest BCUT2D eigenvalue weighted by atomic mass is 16.5. The number of allylic oxidation sites excluding steroid dienone is 2. The van der Waals surface area contributed by atoms with E-state index in [4.69, 9.17) is 4.74 Å².